The summed E-state index contributed by atoms with van der Waals surface area (Å²) in [5.41, 5.74) is 2.25. The molecule has 2 aromatic heterocycles. The van der Waals surface area contributed by atoms with Gasteiger partial charge >= 0.3 is 0 Å². The molecule has 0 atom stereocenters. The summed E-state index contributed by atoms with van der Waals surface area (Å²) in [7, 11) is 0. The van der Waals surface area contributed by atoms with E-state index in [4.69, 9.17) is 23.2 Å². The fourth-order valence-electron chi connectivity index (χ4n) is 2.23. The quantitative estimate of drug-likeness (QED) is 0.446. The van der Waals surface area contributed by atoms with Crippen LogP contribution in [0.4, 0.5) is 0 Å². The standard InChI is InChI=1S/C15H9Cl2N3S2/c16-10-6-5-9(7-11(10)17)8-21-14-18-19-15-20(14)12-3-1-2-4-13(12)22-15/h1-7H,8H2. The Kier molecular flexibility index (Phi) is 3.74. The highest BCUT2D eigenvalue weighted by Gasteiger charge is 2.12. The van der Waals surface area contributed by atoms with Crippen molar-refractivity contribution in [1.29, 1.82) is 0 Å². The Bertz CT molecular complexity index is 977. The first-order chi connectivity index (χ1) is 10.7. The molecule has 0 saturated carbocycles. The van der Waals surface area contributed by atoms with Gasteiger partial charge in [0.15, 0.2) is 5.16 Å². The van der Waals surface area contributed by atoms with Gasteiger partial charge < -0.3 is 0 Å². The molecule has 2 heterocycles. The minimum absolute atomic E-state index is 0.573. The van der Waals surface area contributed by atoms with E-state index in [0.717, 1.165) is 27.0 Å². The van der Waals surface area contributed by atoms with Crippen LogP contribution in [0.1, 0.15) is 5.56 Å². The van der Waals surface area contributed by atoms with Crippen LogP contribution in [0.5, 0.6) is 0 Å². The van der Waals surface area contributed by atoms with Crippen LogP contribution in [0.15, 0.2) is 47.6 Å². The Hall–Kier alpha value is -1.27. The third-order valence-electron chi connectivity index (χ3n) is 3.26. The molecule has 4 aromatic rings. The number of hydrogen-bond donors (Lipinski definition) is 0. The van der Waals surface area contributed by atoms with Crippen LogP contribution in [0.2, 0.25) is 10.0 Å². The molecule has 0 aliphatic carbocycles. The van der Waals surface area contributed by atoms with E-state index in [9.17, 15) is 0 Å². The lowest BCUT2D eigenvalue weighted by Gasteiger charge is -2.02. The van der Waals surface area contributed by atoms with Crippen LogP contribution in [0, 0.1) is 0 Å². The number of aromatic nitrogens is 3. The first-order valence-electron chi connectivity index (χ1n) is 6.52. The number of para-hydroxylation sites is 1. The lowest BCUT2D eigenvalue weighted by Crippen LogP contribution is -1.87. The molecule has 3 nitrogen and oxygen atoms in total. The van der Waals surface area contributed by atoms with E-state index in [0.29, 0.717) is 10.0 Å². The SMILES string of the molecule is Clc1ccc(CSc2nnc3sc4ccccc4n23)cc1Cl. The maximum absolute atomic E-state index is 6.06. The highest BCUT2D eigenvalue weighted by molar-refractivity contribution is 7.98. The number of hydrogen-bond acceptors (Lipinski definition) is 4. The molecule has 0 amide bonds. The van der Waals surface area contributed by atoms with Gasteiger partial charge in [-0.1, -0.05) is 64.5 Å². The Balaban J connectivity index is 1.68. The molecule has 7 heteroatoms. The number of rotatable bonds is 3. The zero-order valence-corrected chi connectivity index (χ0v) is 14.3. The molecule has 0 fully saturated rings. The Morgan fingerprint density at radius 3 is 2.77 bits per heavy atom. The molecule has 0 aliphatic rings. The molecule has 0 unspecified atom stereocenters. The second-order valence-electron chi connectivity index (χ2n) is 4.71. The second-order valence-corrected chi connectivity index (χ2v) is 7.47. The second kappa shape index (κ2) is 5.74. The van der Waals surface area contributed by atoms with Crippen LogP contribution >= 0.6 is 46.3 Å². The van der Waals surface area contributed by atoms with Gasteiger partial charge in [0.2, 0.25) is 4.96 Å². The summed E-state index contributed by atoms with van der Waals surface area (Å²) in [5.74, 6) is 0.766. The molecule has 0 aliphatic heterocycles. The van der Waals surface area contributed by atoms with E-state index in [-0.39, 0.29) is 0 Å². The number of thiazole rings is 1. The number of thioether (sulfide) groups is 1. The van der Waals surface area contributed by atoms with Gasteiger partial charge in [0.25, 0.3) is 0 Å². The summed E-state index contributed by atoms with van der Waals surface area (Å²) < 4.78 is 3.31. The molecule has 0 bridgehead atoms. The highest BCUT2D eigenvalue weighted by Crippen LogP contribution is 2.31. The van der Waals surface area contributed by atoms with Gasteiger partial charge in [-0.05, 0) is 29.8 Å². The van der Waals surface area contributed by atoms with Crippen molar-refractivity contribution in [3.63, 3.8) is 0 Å². The van der Waals surface area contributed by atoms with E-state index < -0.39 is 0 Å². The average Bonchev–Trinajstić information content (AvgIpc) is 3.07. The van der Waals surface area contributed by atoms with Crippen molar-refractivity contribution in [1.82, 2.24) is 14.6 Å². The van der Waals surface area contributed by atoms with E-state index in [2.05, 4.69) is 26.7 Å². The largest absolute Gasteiger partial charge is 0.260 e. The number of halogens is 2. The van der Waals surface area contributed by atoms with Gasteiger partial charge in [-0.2, -0.15) is 0 Å². The summed E-state index contributed by atoms with van der Waals surface area (Å²) in [5, 5.41) is 10.6. The van der Waals surface area contributed by atoms with Crippen LogP contribution in [-0.4, -0.2) is 14.6 Å². The van der Waals surface area contributed by atoms with Crippen molar-refractivity contribution in [3.05, 3.63) is 58.1 Å². The summed E-state index contributed by atoms with van der Waals surface area (Å²) in [6, 6.07) is 13.9. The smallest absolute Gasteiger partial charge is 0.217 e. The zero-order chi connectivity index (χ0) is 15.1. The van der Waals surface area contributed by atoms with Gasteiger partial charge in [-0.3, -0.25) is 4.40 Å². The lowest BCUT2D eigenvalue weighted by molar-refractivity contribution is 0.940. The molecule has 110 valence electrons. The van der Waals surface area contributed by atoms with E-state index in [1.54, 1.807) is 23.1 Å². The van der Waals surface area contributed by atoms with Crippen molar-refractivity contribution in [2.75, 3.05) is 0 Å². The van der Waals surface area contributed by atoms with Gasteiger partial charge in [0.1, 0.15) is 0 Å². The van der Waals surface area contributed by atoms with Gasteiger partial charge in [-0.25, -0.2) is 0 Å². The van der Waals surface area contributed by atoms with Gasteiger partial charge in [0.05, 0.1) is 20.3 Å². The van der Waals surface area contributed by atoms with Gasteiger partial charge in [0, 0.05) is 5.75 Å². The minimum atomic E-state index is 0.573. The molecule has 0 N–H and O–H groups in total. The van der Waals surface area contributed by atoms with Crippen molar-refractivity contribution in [2.45, 2.75) is 10.9 Å². The predicted molar refractivity (Wildman–Crippen MR) is 94.4 cm³/mol. The molecule has 2 aromatic carbocycles. The monoisotopic (exact) mass is 365 g/mol. The normalized spacial score (nSPS) is 11.5. The number of nitrogens with zero attached hydrogens (tertiary/aromatic N) is 3. The molecular weight excluding hydrogens is 357 g/mol. The molecule has 22 heavy (non-hydrogen) atoms. The third-order valence-corrected chi connectivity index (χ3v) is 6.01. The summed E-state index contributed by atoms with van der Waals surface area (Å²) in [4.78, 5) is 0.915. The van der Waals surface area contributed by atoms with Crippen LogP contribution in [-0.2, 0) is 5.75 Å². The first kappa shape index (κ1) is 14.3. The molecule has 0 spiro atoms. The molecule has 0 radical (unpaired) electrons. The molecule has 0 saturated heterocycles. The predicted octanol–water partition coefficient (Wildman–Crippen LogP) is 5.54. The molecular formula is C15H9Cl2N3S2. The van der Waals surface area contributed by atoms with Crippen LogP contribution in [0.3, 0.4) is 0 Å². The highest BCUT2D eigenvalue weighted by atomic mass is 35.5. The third kappa shape index (κ3) is 2.48. The fourth-order valence-corrected chi connectivity index (χ4v) is 4.46. The summed E-state index contributed by atoms with van der Waals surface area (Å²) in [6.07, 6.45) is 0. The van der Waals surface area contributed by atoms with E-state index in [1.165, 1.54) is 4.70 Å². The Morgan fingerprint density at radius 1 is 1.05 bits per heavy atom. The minimum Gasteiger partial charge on any atom is -0.260 e. The van der Waals surface area contributed by atoms with Gasteiger partial charge in [-0.15, -0.1) is 10.2 Å². The first-order valence-corrected chi connectivity index (χ1v) is 9.07. The fraction of sp³-hybridized carbons (Fsp3) is 0.0667. The molecule has 4 rings (SSSR count). The van der Waals surface area contributed by atoms with Crippen LogP contribution in [0.25, 0.3) is 15.2 Å². The zero-order valence-electron chi connectivity index (χ0n) is 11.2. The van der Waals surface area contributed by atoms with Crippen LogP contribution < -0.4 is 0 Å². The van der Waals surface area contributed by atoms with E-state index >= 15 is 0 Å². The average molecular weight is 366 g/mol. The number of fused-ring (bicyclic) bond motifs is 3. The summed E-state index contributed by atoms with van der Waals surface area (Å²) in [6.45, 7) is 0. The van der Waals surface area contributed by atoms with E-state index in [1.807, 2.05) is 30.3 Å². The Morgan fingerprint density at radius 2 is 1.91 bits per heavy atom. The maximum Gasteiger partial charge on any atom is 0.217 e. The lowest BCUT2D eigenvalue weighted by atomic mass is 10.2. The maximum atomic E-state index is 6.06. The van der Waals surface area contributed by atoms with Crippen molar-refractivity contribution >= 4 is 61.5 Å². The Labute approximate surface area is 144 Å². The van der Waals surface area contributed by atoms with Crippen molar-refractivity contribution in [3.8, 4) is 0 Å². The number of benzene rings is 2. The van der Waals surface area contributed by atoms with Crippen molar-refractivity contribution in [2.24, 2.45) is 0 Å². The topological polar surface area (TPSA) is 30.2 Å². The summed E-state index contributed by atoms with van der Waals surface area (Å²) >= 11 is 15.3. The van der Waals surface area contributed by atoms with Crippen molar-refractivity contribution < 1.29 is 0 Å².